The molecule has 0 saturated carbocycles. The first-order valence-corrected chi connectivity index (χ1v) is 13.6. The van der Waals surface area contributed by atoms with Crippen LogP contribution in [-0.4, -0.2) is 24.3 Å². The Kier molecular flexibility index (Phi) is 7.11. The van der Waals surface area contributed by atoms with Crippen molar-refractivity contribution < 1.29 is 0 Å². The first-order valence-electron chi connectivity index (χ1n) is 13.1. The van der Waals surface area contributed by atoms with Crippen LogP contribution >= 0.6 is 12.6 Å². The average Bonchev–Trinajstić information content (AvgIpc) is 3.63. The van der Waals surface area contributed by atoms with E-state index in [4.69, 9.17) is 4.98 Å². The van der Waals surface area contributed by atoms with E-state index in [0.717, 1.165) is 36.5 Å². The van der Waals surface area contributed by atoms with E-state index in [2.05, 4.69) is 129 Å². The zero-order chi connectivity index (χ0) is 26.5. The smallest absolute Gasteiger partial charge is 0.188 e. The lowest BCUT2D eigenvalue weighted by Crippen LogP contribution is -2.36. The van der Waals surface area contributed by atoms with Crippen molar-refractivity contribution in [1.29, 1.82) is 0 Å². The fraction of sp³-hybridized carbons (Fsp3) is 0.121. The number of hydrogen-bond acceptors (Lipinski definition) is 4. The summed E-state index contributed by atoms with van der Waals surface area (Å²) in [5.41, 5.74) is 5.07. The molecule has 0 N–H and O–H groups in total. The largest absolute Gasteiger partial charge is 0.319 e. The maximum Gasteiger partial charge on any atom is 0.188 e. The molecule has 39 heavy (non-hydrogen) atoms. The van der Waals surface area contributed by atoms with Crippen LogP contribution in [0.15, 0.2) is 139 Å². The third-order valence-electron chi connectivity index (χ3n) is 7.18. The number of hydrogen-bond donors (Lipinski definition) is 1. The van der Waals surface area contributed by atoms with Gasteiger partial charge in [0.15, 0.2) is 11.0 Å². The monoisotopic (exact) mass is 527 g/mol. The van der Waals surface area contributed by atoms with Crippen LogP contribution in [0.4, 0.5) is 0 Å². The number of aromatic nitrogens is 5. The molecule has 0 saturated heterocycles. The van der Waals surface area contributed by atoms with Gasteiger partial charge in [-0.1, -0.05) is 121 Å². The van der Waals surface area contributed by atoms with E-state index < -0.39 is 5.54 Å². The Balaban J connectivity index is 1.34. The van der Waals surface area contributed by atoms with E-state index in [-0.39, 0.29) is 0 Å². The van der Waals surface area contributed by atoms with Gasteiger partial charge in [-0.25, -0.2) is 4.98 Å². The summed E-state index contributed by atoms with van der Waals surface area (Å²) in [6.07, 6.45) is 5.87. The van der Waals surface area contributed by atoms with Crippen molar-refractivity contribution in [1.82, 2.24) is 24.3 Å². The Morgan fingerprint density at radius 3 is 1.69 bits per heavy atom. The van der Waals surface area contributed by atoms with Crippen molar-refractivity contribution >= 4 is 12.6 Å². The molecule has 5 nitrogen and oxygen atoms in total. The Bertz CT molecular complexity index is 1530. The van der Waals surface area contributed by atoms with Crippen LogP contribution in [0.5, 0.6) is 0 Å². The van der Waals surface area contributed by atoms with Crippen molar-refractivity contribution in [2.24, 2.45) is 0 Å². The molecule has 6 heteroatoms. The minimum absolute atomic E-state index is 0.554. The van der Waals surface area contributed by atoms with Crippen molar-refractivity contribution in [3.8, 4) is 11.4 Å². The van der Waals surface area contributed by atoms with Crippen LogP contribution in [-0.2, 0) is 18.5 Å². The summed E-state index contributed by atoms with van der Waals surface area (Å²) in [5, 5.41) is 9.20. The third-order valence-corrected chi connectivity index (χ3v) is 7.51. The van der Waals surface area contributed by atoms with Gasteiger partial charge in [0.2, 0.25) is 0 Å². The van der Waals surface area contributed by atoms with Gasteiger partial charge >= 0.3 is 0 Å². The summed E-state index contributed by atoms with van der Waals surface area (Å²) in [5.74, 6) is 0.836. The molecule has 192 valence electrons. The molecule has 6 aromatic rings. The minimum Gasteiger partial charge on any atom is -0.319 e. The minimum atomic E-state index is -0.554. The summed E-state index contributed by atoms with van der Waals surface area (Å²) in [4.78, 5) is 4.88. The standard InChI is InChI=1S/C33H29N5S/c39-32-36-35-31(26-14-5-1-6-15-26)38(32)23-13-22-30-24-37(25-34-30)33(27-16-7-2-8-17-27,28-18-9-3-10-19-28)29-20-11-4-12-21-29/h1-12,14-21,24-25H,13,22-23H2,(H,36,39). The number of thiol groups is 1. The highest BCUT2D eigenvalue weighted by Crippen LogP contribution is 2.40. The summed E-state index contributed by atoms with van der Waals surface area (Å²) in [6, 6.07) is 42.1. The molecule has 0 atom stereocenters. The Hall–Kier alpha value is -4.42. The molecule has 0 bridgehead atoms. The predicted molar refractivity (Wildman–Crippen MR) is 158 cm³/mol. The molecular formula is C33H29N5S. The lowest BCUT2D eigenvalue weighted by molar-refractivity contribution is 0.513. The zero-order valence-electron chi connectivity index (χ0n) is 21.5. The molecule has 0 amide bonds. The highest BCUT2D eigenvalue weighted by molar-refractivity contribution is 7.80. The first kappa shape index (κ1) is 24.9. The van der Waals surface area contributed by atoms with Crippen molar-refractivity contribution in [3.63, 3.8) is 0 Å². The second kappa shape index (κ2) is 11.1. The van der Waals surface area contributed by atoms with E-state index in [1.807, 2.05) is 36.7 Å². The van der Waals surface area contributed by atoms with Crippen LogP contribution in [0, 0.1) is 0 Å². The summed E-state index contributed by atoms with van der Waals surface area (Å²) in [7, 11) is 0. The van der Waals surface area contributed by atoms with Gasteiger partial charge in [-0.15, -0.1) is 22.8 Å². The van der Waals surface area contributed by atoms with Gasteiger partial charge in [0, 0.05) is 18.3 Å². The van der Waals surface area contributed by atoms with Gasteiger partial charge in [0.25, 0.3) is 0 Å². The topological polar surface area (TPSA) is 48.5 Å². The molecule has 0 aliphatic carbocycles. The highest BCUT2D eigenvalue weighted by atomic mass is 32.1. The van der Waals surface area contributed by atoms with Gasteiger partial charge in [-0.2, -0.15) is 0 Å². The fourth-order valence-electron chi connectivity index (χ4n) is 5.38. The fourth-order valence-corrected chi connectivity index (χ4v) is 5.62. The summed E-state index contributed by atoms with van der Waals surface area (Å²) in [6.45, 7) is 0.754. The summed E-state index contributed by atoms with van der Waals surface area (Å²) >= 11 is 4.56. The van der Waals surface area contributed by atoms with Crippen molar-refractivity contribution in [3.05, 3.63) is 156 Å². The Morgan fingerprint density at radius 1 is 0.641 bits per heavy atom. The van der Waals surface area contributed by atoms with Gasteiger partial charge in [0.05, 0.1) is 12.0 Å². The number of benzene rings is 4. The van der Waals surface area contributed by atoms with E-state index in [0.29, 0.717) is 5.16 Å². The average molecular weight is 528 g/mol. The SMILES string of the molecule is Sc1nnc(-c2ccccc2)n1CCCc1cn(C(c2ccccc2)(c2ccccc2)c2ccccc2)cn1. The Labute approximate surface area is 234 Å². The molecule has 2 aromatic heterocycles. The molecule has 0 radical (unpaired) electrons. The first-order chi connectivity index (χ1) is 19.3. The second-order valence-corrected chi connectivity index (χ2v) is 9.93. The molecule has 0 aliphatic rings. The van der Waals surface area contributed by atoms with Crippen LogP contribution in [0.2, 0.25) is 0 Å². The van der Waals surface area contributed by atoms with E-state index in [1.54, 1.807) is 0 Å². The maximum atomic E-state index is 4.88. The molecule has 0 fully saturated rings. The lowest BCUT2D eigenvalue weighted by atomic mass is 9.77. The van der Waals surface area contributed by atoms with Gasteiger partial charge in [-0.3, -0.25) is 0 Å². The molecule has 0 unspecified atom stereocenters. The number of rotatable bonds is 9. The van der Waals surface area contributed by atoms with Crippen LogP contribution in [0.1, 0.15) is 28.8 Å². The van der Waals surface area contributed by atoms with Crippen LogP contribution < -0.4 is 0 Å². The second-order valence-electron chi connectivity index (χ2n) is 9.53. The van der Waals surface area contributed by atoms with E-state index >= 15 is 0 Å². The molecule has 6 rings (SSSR count). The van der Waals surface area contributed by atoms with Crippen LogP contribution in [0.25, 0.3) is 11.4 Å². The lowest BCUT2D eigenvalue weighted by Gasteiger charge is -2.37. The molecule has 0 spiro atoms. The van der Waals surface area contributed by atoms with Gasteiger partial charge < -0.3 is 9.13 Å². The predicted octanol–water partition coefficient (Wildman–Crippen LogP) is 6.90. The molecular weight excluding hydrogens is 498 g/mol. The van der Waals surface area contributed by atoms with Crippen LogP contribution in [0.3, 0.4) is 0 Å². The zero-order valence-corrected chi connectivity index (χ0v) is 22.4. The maximum absolute atomic E-state index is 4.88. The molecule has 0 aliphatic heterocycles. The normalized spacial score (nSPS) is 11.5. The number of aryl methyl sites for hydroxylation is 1. The highest BCUT2D eigenvalue weighted by Gasteiger charge is 2.38. The van der Waals surface area contributed by atoms with E-state index in [1.165, 1.54) is 16.7 Å². The van der Waals surface area contributed by atoms with Gasteiger partial charge in [-0.05, 0) is 29.5 Å². The quantitative estimate of drug-likeness (QED) is 0.164. The summed E-state index contributed by atoms with van der Waals surface area (Å²) < 4.78 is 4.33. The third kappa shape index (κ3) is 4.79. The Morgan fingerprint density at radius 2 is 1.15 bits per heavy atom. The molecule has 4 aromatic carbocycles. The van der Waals surface area contributed by atoms with Crippen molar-refractivity contribution in [2.45, 2.75) is 30.1 Å². The number of nitrogens with zero attached hydrogens (tertiary/aromatic N) is 5. The van der Waals surface area contributed by atoms with E-state index in [9.17, 15) is 0 Å². The van der Waals surface area contributed by atoms with Gasteiger partial charge in [0.1, 0.15) is 5.54 Å². The van der Waals surface area contributed by atoms with Crippen molar-refractivity contribution in [2.75, 3.05) is 0 Å². The number of imidazole rings is 1. The molecule has 2 heterocycles.